The zero-order chi connectivity index (χ0) is 19.8. The molecule has 0 aromatic heterocycles. The number of benzene rings is 1. The van der Waals surface area contributed by atoms with Crippen molar-refractivity contribution in [2.45, 2.75) is 38.1 Å². The molecule has 0 N–H and O–H groups in total. The van der Waals surface area contributed by atoms with E-state index >= 15 is 0 Å². The van der Waals surface area contributed by atoms with E-state index in [1.807, 2.05) is 11.9 Å². The zero-order valence-electron chi connectivity index (χ0n) is 17.7. The SMILES string of the molecule is COCCN(C)C(=O)[C@@H]1CCCN(C2CCN(CCc3ccccc3)CC2)C1. The predicted molar refractivity (Wildman–Crippen MR) is 113 cm³/mol. The standard InChI is InChI=1S/C23H37N3O2/c1-24(17-18-28-2)23(27)21-9-6-13-26(19-21)22-11-15-25(16-12-22)14-10-20-7-4-3-5-8-20/h3-5,7-8,21-22H,6,9-19H2,1-2H3/t21-/m1/s1. The van der Waals surface area contributed by atoms with Crippen LogP contribution >= 0.6 is 0 Å². The molecule has 0 radical (unpaired) electrons. The van der Waals surface area contributed by atoms with E-state index in [-0.39, 0.29) is 5.92 Å². The van der Waals surface area contributed by atoms with E-state index in [4.69, 9.17) is 4.74 Å². The number of likely N-dealkylation sites (N-methyl/N-ethyl adjacent to an activating group) is 1. The van der Waals surface area contributed by atoms with Crippen LogP contribution in [0.15, 0.2) is 30.3 Å². The van der Waals surface area contributed by atoms with E-state index in [0.29, 0.717) is 25.1 Å². The number of rotatable bonds is 8. The van der Waals surface area contributed by atoms with Crippen LogP contribution < -0.4 is 0 Å². The molecule has 5 nitrogen and oxygen atoms in total. The number of hydrogen-bond donors (Lipinski definition) is 0. The summed E-state index contributed by atoms with van der Waals surface area (Å²) >= 11 is 0. The maximum Gasteiger partial charge on any atom is 0.226 e. The lowest BCUT2D eigenvalue weighted by molar-refractivity contribution is -0.137. The Hall–Kier alpha value is -1.43. The molecule has 2 aliphatic rings. The molecule has 0 unspecified atom stereocenters. The molecular weight excluding hydrogens is 350 g/mol. The number of methoxy groups -OCH3 is 1. The molecule has 1 atom stereocenters. The molecule has 3 rings (SSSR count). The van der Waals surface area contributed by atoms with Gasteiger partial charge in [-0.2, -0.15) is 0 Å². The molecule has 0 spiro atoms. The topological polar surface area (TPSA) is 36.0 Å². The number of hydrogen-bond acceptors (Lipinski definition) is 4. The highest BCUT2D eigenvalue weighted by atomic mass is 16.5. The van der Waals surface area contributed by atoms with Crippen LogP contribution in [0.25, 0.3) is 0 Å². The van der Waals surface area contributed by atoms with Gasteiger partial charge in [0.1, 0.15) is 0 Å². The van der Waals surface area contributed by atoms with Gasteiger partial charge in [0.05, 0.1) is 12.5 Å². The van der Waals surface area contributed by atoms with Crippen molar-refractivity contribution >= 4 is 5.91 Å². The minimum Gasteiger partial charge on any atom is -0.383 e. The fraction of sp³-hybridized carbons (Fsp3) is 0.696. The van der Waals surface area contributed by atoms with Crippen molar-refractivity contribution in [2.75, 3.05) is 60.0 Å². The number of likely N-dealkylation sites (tertiary alicyclic amines) is 2. The number of nitrogens with zero attached hydrogens (tertiary/aromatic N) is 3. The summed E-state index contributed by atoms with van der Waals surface area (Å²) in [4.78, 5) is 19.8. The van der Waals surface area contributed by atoms with Crippen LogP contribution in [-0.4, -0.2) is 86.7 Å². The van der Waals surface area contributed by atoms with Crippen molar-refractivity contribution in [1.82, 2.24) is 14.7 Å². The highest BCUT2D eigenvalue weighted by Crippen LogP contribution is 2.25. The van der Waals surface area contributed by atoms with Crippen LogP contribution in [0, 0.1) is 5.92 Å². The summed E-state index contributed by atoms with van der Waals surface area (Å²) in [7, 11) is 3.60. The molecule has 1 aromatic rings. The van der Waals surface area contributed by atoms with E-state index in [9.17, 15) is 4.79 Å². The van der Waals surface area contributed by atoms with Crippen molar-refractivity contribution in [3.05, 3.63) is 35.9 Å². The summed E-state index contributed by atoms with van der Waals surface area (Å²) in [6, 6.07) is 11.4. The second-order valence-corrected chi connectivity index (χ2v) is 8.40. The minimum atomic E-state index is 0.159. The Balaban J connectivity index is 1.41. The lowest BCUT2D eigenvalue weighted by Gasteiger charge is -2.42. The number of ether oxygens (including phenoxy) is 1. The van der Waals surface area contributed by atoms with E-state index in [2.05, 4.69) is 40.1 Å². The van der Waals surface area contributed by atoms with E-state index in [1.165, 1.54) is 31.5 Å². The normalized spacial score (nSPS) is 22.3. The Bertz CT molecular complexity index is 587. The summed E-state index contributed by atoms with van der Waals surface area (Å²) in [5.41, 5.74) is 1.43. The van der Waals surface area contributed by atoms with Gasteiger partial charge in [-0.15, -0.1) is 0 Å². The molecule has 28 heavy (non-hydrogen) atoms. The number of carbonyl (C=O) groups excluding carboxylic acids is 1. The fourth-order valence-electron chi connectivity index (χ4n) is 4.63. The quantitative estimate of drug-likeness (QED) is 0.687. The van der Waals surface area contributed by atoms with Gasteiger partial charge in [0.2, 0.25) is 5.91 Å². The van der Waals surface area contributed by atoms with Gasteiger partial charge in [-0.3, -0.25) is 9.69 Å². The average Bonchev–Trinajstić information content (AvgIpc) is 2.76. The Morgan fingerprint density at radius 3 is 2.61 bits per heavy atom. The Morgan fingerprint density at radius 1 is 1.14 bits per heavy atom. The van der Waals surface area contributed by atoms with Gasteiger partial charge >= 0.3 is 0 Å². The minimum absolute atomic E-state index is 0.159. The monoisotopic (exact) mass is 387 g/mol. The van der Waals surface area contributed by atoms with Crippen molar-refractivity contribution in [1.29, 1.82) is 0 Å². The van der Waals surface area contributed by atoms with Crippen molar-refractivity contribution in [3.8, 4) is 0 Å². The second-order valence-electron chi connectivity index (χ2n) is 8.40. The third kappa shape index (κ3) is 6.03. The molecule has 0 aliphatic carbocycles. The molecule has 2 fully saturated rings. The number of piperidine rings is 2. The molecule has 0 saturated carbocycles. The zero-order valence-corrected chi connectivity index (χ0v) is 17.7. The molecule has 156 valence electrons. The summed E-state index contributed by atoms with van der Waals surface area (Å²) < 4.78 is 5.12. The summed E-state index contributed by atoms with van der Waals surface area (Å²) in [6.07, 6.45) is 5.77. The summed E-state index contributed by atoms with van der Waals surface area (Å²) in [6.45, 7) is 6.90. The smallest absolute Gasteiger partial charge is 0.226 e. The first-order chi connectivity index (χ1) is 13.7. The number of carbonyl (C=O) groups is 1. The summed E-state index contributed by atoms with van der Waals surface area (Å²) in [5.74, 6) is 0.453. The van der Waals surface area contributed by atoms with Crippen LogP contribution in [0.2, 0.25) is 0 Å². The van der Waals surface area contributed by atoms with Gasteiger partial charge in [0, 0.05) is 39.8 Å². The van der Waals surface area contributed by atoms with Gasteiger partial charge in [-0.1, -0.05) is 30.3 Å². The first-order valence-corrected chi connectivity index (χ1v) is 10.9. The average molecular weight is 388 g/mol. The van der Waals surface area contributed by atoms with Crippen LogP contribution in [0.4, 0.5) is 0 Å². The van der Waals surface area contributed by atoms with Crippen LogP contribution in [0.5, 0.6) is 0 Å². The molecule has 5 heteroatoms. The van der Waals surface area contributed by atoms with Gasteiger partial charge in [-0.05, 0) is 57.3 Å². The van der Waals surface area contributed by atoms with Crippen molar-refractivity contribution in [3.63, 3.8) is 0 Å². The Labute approximate surface area is 170 Å². The fourth-order valence-corrected chi connectivity index (χ4v) is 4.63. The highest BCUT2D eigenvalue weighted by Gasteiger charge is 2.32. The first-order valence-electron chi connectivity index (χ1n) is 10.9. The van der Waals surface area contributed by atoms with Crippen molar-refractivity contribution in [2.24, 2.45) is 5.92 Å². The summed E-state index contributed by atoms with van der Waals surface area (Å²) in [5, 5.41) is 0. The Kier molecular flexibility index (Phi) is 8.31. The van der Waals surface area contributed by atoms with Crippen LogP contribution in [0.1, 0.15) is 31.2 Å². The third-order valence-corrected chi connectivity index (χ3v) is 6.44. The molecule has 0 bridgehead atoms. The predicted octanol–water partition coefficient (Wildman–Crippen LogP) is 2.51. The van der Waals surface area contributed by atoms with Gasteiger partial charge in [-0.25, -0.2) is 0 Å². The molecule has 2 saturated heterocycles. The number of amides is 1. The molecule has 1 amide bonds. The lowest BCUT2D eigenvalue weighted by Crippen LogP contribution is -2.51. The van der Waals surface area contributed by atoms with E-state index in [0.717, 1.165) is 38.9 Å². The first kappa shape index (κ1) is 21.3. The van der Waals surface area contributed by atoms with Crippen molar-refractivity contribution < 1.29 is 9.53 Å². The second kappa shape index (κ2) is 10.9. The van der Waals surface area contributed by atoms with Gasteiger partial charge < -0.3 is 14.5 Å². The van der Waals surface area contributed by atoms with Gasteiger partial charge in [0.15, 0.2) is 0 Å². The van der Waals surface area contributed by atoms with E-state index in [1.54, 1.807) is 7.11 Å². The molecule has 2 aliphatic heterocycles. The molecule has 2 heterocycles. The molecule has 1 aromatic carbocycles. The van der Waals surface area contributed by atoms with Gasteiger partial charge in [0.25, 0.3) is 0 Å². The van der Waals surface area contributed by atoms with E-state index < -0.39 is 0 Å². The van der Waals surface area contributed by atoms with Crippen LogP contribution in [-0.2, 0) is 16.0 Å². The van der Waals surface area contributed by atoms with Crippen LogP contribution in [0.3, 0.4) is 0 Å². The largest absolute Gasteiger partial charge is 0.383 e. The maximum atomic E-state index is 12.7. The third-order valence-electron chi connectivity index (χ3n) is 6.44. The Morgan fingerprint density at radius 2 is 1.89 bits per heavy atom. The lowest BCUT2D eigenvalue weighted by atomic mass is 9.93. The highest BCUT2D eigenvalue weighted by molar-refractivity contribution is 5.78. The molecular formula is C23H37N3O2. The maximum absolute atomic E-state index is 12.7.